The fraction of sp³-hybridized carbons (Fsp3) is 0.583. The molecule has 1 aliphatic rings. The first-order valence-corrected chi connectivity index (χ1v) is 7.23. The van der Waals surface area contributed by atoms with Gasteiger partial charge in [0, 0.05) is 27.7 Å². The van der Waals surface area contributed by atoms with E-state index in [4.69, 9.17) is 5.73 Å². The first-order chi connectivity index (χ1) is 9.45. The second-order valence-electron chi connectivity index (χ2n) is 4.88. The standard InChI is InChI=1S/C12H19N5O2S/c1-14-10(18)7-5-4-6-17(7)11(19)8-9(13)15-12(20-8)16(2)3/h7H,4-6,13H2,1-3H3,(H,14,18). The number of aromatic nitrogens is 1. The number of nitrogens with one attached hydrogen (secondary N) is 1. The molecule has 0 saturated carbocycles. The van der Waals surface area contributed by atoms with E-state index in [2.05, 4.69) is 10.3 Å². The quantitative estimate of drug-likeness (QED) is 0.828. The number of nitrogen functional groups attached to an aromatic ring is 1. The maximum Gasteiger partial charge on any atom is 0.268 e. The molecule has 20 heavy (non-hydrogen) atoms. The Hall–Kier alpha value is -1.83. The normalized spacial score (nSPS) is 18.1. The van der Waals surface area contributed by atoms with Gasteiger partial charge in [0.2, 0.25) is 5.91 Å². The molecule has 1 saturated heterocycles. The number of nitrogens with two attached hydrogens (primary N) is 1. The fourth-order valence-electron chi connectivity index (χ4n) is 2.24. The van der Waals surface area contributed by atoms with Gasteiger partial charge in [-0.25, -0.2) is 4.98 Å². The molecule has 1 aliphatic heterocycles. The van der Waals surface area contributed by atoms with E-state index in [1.165, 1.54) is 11.3 Å². The number of anilines is 2. The molecule has 3 N–H and O–H groups in total. The predicted octanol–water partition coefficient (Wildman–Crippen LogP) is 0.142. The summed E-state index contributed by atoms with van der Waals surface area (Å²) in [5, 5.41) is 3.28. The van der Waals surface area contributed by atoms with E-state index in [9.17, 15) is 9.59 Å². The number of hydrogen-bond donors (Lipinski definition) is 2. The van der Waals surface area contributed by atoms with Crippen LogP contribution in [0.15, 0.2) is 0 Å². The van der Waals surface area contributed by atoms with Crippen molar-refractivity contribution in [2.75, 3.05) is 38.3 Å². The lowest BCUT2D eigenvalue weighted by Gasteiger charge is -2.22. The summed E-state index contributed by atoms with van der Waals surface area (Å²) in [6.45, 7) is 0.575. The van der Waals surface area contributed by atoms with Crippen molar-refractivity contribution in [3.05, 3.63) is 4.88 Å². The van der Waals surface area contributed by atoms with Crippen LogP contribution in [0.2, 0.25) is 0 Å². The van der Waals surface area contributed by atoms with Gasteiger partial charge >= 0.3 is 0 Å². The Bertz CT molecular complexity index is 528. The van der Waals surface area contributed by atoms with Gasteiger partial charge < -0.3 is 20.9 Å². The molecule has 2 rings (SSSR count). The van der Waals surface area contributed by atoms with E-state index in [-0.39, 0.29) is 17.6 Å². The number of thiazole rings is 1. The highest BCUT2D eigenvalue weighted by Crippen LogP contribution is 2.30. The lowest BCUT2D eigenvalue weighted by Crippen LogP contribution is -2.44. The minimum atomic E-state index is -0.406. The molecule has 110 valence electrons. The van der Waals surface area contributed by atoms with Crippen LogP contribution >= 0.6 is 11.3 Å². The summed E-state index contributed by atoms with van der Waals surface area (Å²) in [7, 11) is 5.26. The number of likely N-dealkylation sites (N-methyl/N-ethyl adjacent to an activating group) is 1. The zero-order valence-corrected chi connectivity index (χ0v) is 12.7. The number of likely N-dealkylation sites (tertiary alicyclic amines) is 1. The molecule has 0 radical (unpaired) electrons. The Morgan fingerprint density at radius 1 is 1.50 bits per heavy atom. The van der Waals surface area contributed by atoms with Crippen molar-refractivity contribution in [2.45, 2.75) is 18.9 Å². The molecule has 7 nitrogen and oxygen atoms in total. The zero-order valence-electron chi connectivity index (χ0n) is 11.8. The zero-order chi connectivity index (χ0) is 14.9. The van der Waals surface area contributed by atoms with Crippen molar-refractivity contribution in [1.82, 2.24) is 15.2 Å². The lowest BCUT2D eigenvalue weighted by atomic mass is 10.2. The van der Waals surface area contributed by atoms with Crippen LogP contribution in [0.25, 0.3) is 0 Å². The molecule has 1 aromatic heterocycles. The van der Waals surface area contributed by atoms with Crippen molar-refractivity contribution in [3.8, 4) is 0 Å². The van der Waals surface area contributed by atoms with E-state index in [0.29, 0.717) is 23.0 Å². The SMILES string of the molecule is CNC(=O)C1CCCN1C(=O)c1sc(N(C)C)nc1N. The summed E-state index contributed by atoms with van der Waals surface area (Å²) in [5.41, 5.74) is 5.83. The van der Waals surface area contributed by atoms with Crippen molar-refractivity contribution in [1.29, 1.82) is 0 Å². The Kier molecular flexibility index (Phi) is 4.12. The number of carbonyl (C=O) groups excluding carboxylic acids is 2. The van der Waals surface area contributed by atoms with Gasteiger partial charge in [0.05, 0.1) is 0 Å². The van der Waals surface area contributed by atoms with Gasteiger partial charge in [-0.2, -0.15) is 0 Å². The maximum absolute atomic E-state index is 12.6. The second kappa shape index (κ2) is 5.66. The van der Waals surface area contributed by atoms with Crippen LogP contribution in [0.4, 0.5) is 10.9 Å². The summed E-state index contributed by atoms with van der Waals surface area (Å²) in [6, 6.07) is -0.406. The smallest absolute Gasteiger partial charge is 0.268 e. The highest BCUT2D eigenvalue weighted by molar-refractivity contribution is 7.18. The summed E-state index contributed by atoms with van der Waals surface area (Å²) in [5.74, 6) is -0.114. The molecule has 1 fully saturated rings. The Balaban J connectivity index is 2.24. The minimum absolute atomic E-state index is 0.133. The fourth-order valence-corrected chi connectivity index (χ4v) is 3.11. The Morgan fingerprint density at radius 3 is 2.75 bits per heavy atom. The Morgan fingerprint density at radius 2 is 2.20 bits per heavy atom. The molecule has 0 aliphatic carbocycles. The predicted molar refractivity (Wildman–Crippen MR) is 79.0 cm³/mol. The maximum atomic E-state index is 12.6. The van der Waals surface area contributed by atoms with Crippen molar-refractivity contribution in [2.24, 2.45) is 0 Å². The summed E-state index contributed by atoms with van der Waals surface area (Å²) < 4.78 is 0. The van der Waals surface area contributed by atoms with Crippen LogP contribution in [0, 0.1) is 0 Å². The van der Waals surface area contributed by atoms with Crippen molar-refractivity contribution in [3.63, 3.8) is 0 Å². The molecule has 0 spiro atoms. The largest absolute Gasteiger partial charge is 0.382 e. The molecule has 1 atom stereocenters. The molecule has 0 aromatic carbocycles. The number of rotatable bonds is 3. The van der Waals surface area contributed by atoms with Crippen molar-refractivity contribution >= 4 is 34.1 Å². The highest BCUT2D eigenvalue weighted by Gasteiger charge is 2.35. The summed E-state index contributed by atoms with van der Waals surface area (Å²) in [4.78, 5) is 32.3. The van der Waals surface area contributed by atoms with Gasteiger partial charge in [-0.05, 0) is 12.8 Å². The third-order valence-electron chi connectivity index (χ3n) is 3.28. The van der Waals surface area contributed by atoms with Crippen molar-refractivity contribution < 1.29 is 9.59 Å². The van der Waals surface area contributed by atoms with E-state index in [1.807, 2.05) is 14.1 Å². The molecule has 1 aromatic rings. The average molecular weight is 297 g/mol. The highest BCUT2D eigenvalue weighted by atomic mass is 32.1. The van der Waals surface area contributed by atoms with Crippen LogP contribution in [-0.2, 0) is 4.79 Å². The number of hydrogen-bond acceptors (Lipinski definition) is 6. The van der Waals surface area contributed by atoms with E-state index >= 15 is 0 Å². The van der Waals surface area contributed by atoms with E-state index in [0.717, 1.165) is 6.42 Å². The average Bonchev–Trinajstić information content (AvgIpc) is 3.03. The first-order valence-electron chi connectivity index (χ1n) is 6.42. The minimum Gasteiger partial charge on any atom is -0.382 e. The summed E-state index contributed by atoms with van der Waals surface area (Å²) >= 11 is 1.25. The van der Waals surface area contributed by atoms with Gasteiger partial charge in [0.1, 0.15) is 16.7 Å². The van der Waals surface area contributed by atoms with Crippen LogP contribution in [0.3, 0.4) is 0 Å². The molecular weight excluding hydrogens is 278 g/mol. The summed E-state index contributed by atoms with van der Waals surface area (Å²) in [6.07, 6.45) is 1.51. The van der Waals surface area contributed by atoms with Gasteiger partial charge in [0.25, 0.3) is 5.91 Å². The van der Waals surface area contributed by atoms with Gasteiger partial charge in [-0.1, -0.05) is 11.3 Å². The number of amides is 2. The Labute approximate surface area is 121 Å². The monoisotopic (exact) mass is 297 g/mol. The lowest BCUT2D eigenvalue weighted by molar-refractivity contribution is -0.124. The van der Waals surface area contributed by atoms with Crippen LogP contribution in [-0.4, -0.2) is 55.4 Å². The van der Waals surface area contributed by atoms with Crippen LogP contribution in [0.5, 0.6) is 0 Å². The molecular formula is C12H19N5O2S. The third kappa shape index (κ3) is 2.55. The number of carbonyl (C=O) groups is 2. The van der Waals surface area contributed by atoms with Gasteiger partial charge in [0.15, 0.2) is 5.13 Å². The molecule has 2 heterocycles. The second-order valence-corrected chi connectivity index (χ2v) is 5.85. The molecule has 1 unspecified atom stereocenters. The van der Waals surface area contributed by atoms with E-state index < -0.39 is 6.04 Å². The first kappa shape index (κ1) is 14.6. The molecule has 2 amide bonds. The van der Waals surface area contributed by atoms with Crippen LogP contribution < -0.4 is 16.0 Å². The van der Waals surface area contributed by atoms with Gasteiger partial charge in [-0.3, -0.25) is 9.59 Å². The molecule has 0 bridgehead atoms. The van der Waals surface area contributed by atoms with Gasteiger partial charge in [-0.15, -0.1) is 0 Å². The van der Waals surface area contributed by atoms with E-state index in [1.54, 1.807) is 16.8 Å². The topological polar surface area (TPSA) is 91.6 Å². The molecule has 8 heteroatoms. The number of nitrogens with zero attached hydrogens (tertiary/aromatic N) is 3. The van der Waals surface area contributed by atoms with Crippen LogP contribution in [0.1, 0.15) is 22.5 Å². The third-order valence-corrected chi connectivity index (χ3v) is 4.51.